The number of allylic oxidation sites excluding steroid dienone is 16. The maximum absolute atomic E-state index is 12.4. The van der Waals surface area contributed by atoms with Crippen LogP contribution in [0.5, 0.6) is 0 Å². The second-order valence-corrected chi connectivity index (χ2v) is 22.5. The van der Waals surface area contributed by atoms with Crippen LogP contribution in [-0.4, -0.2) is 36.4 Å². The van der Waals surface area contributed by atoms with Crippen LogP contribution in [0.15, 0.2) is 97.2 Å². The monoisotopic (exact) mass is 1080 g/mol. The molecule has 1 atom stereocenters. The molecule has 0 radical (unpaired) electrons. The normalized spacial score (nSPS) is 12.8. The van der Waals surface area contributed by atoms with Crippen molar-refractivity contribution in [1.29, 1.82) is 0 Å². The zero-order valence-corrected chi connectivity index (χ0v) is 51.7. The summed E-state index contributed by atoms with van der Waals surface area (Å²) >= 11 is 0. The minimum atomic E-state index is -0.777. The SMILES string of the molecule is CC/C=C\C/C=C\C/C=C\C/C=C\C/C=C\CCCCCCCCCCCCCCCCCCCCCCCCCC(=O)OC(CO)COC(=O)CCCCCCCCCCCC/C=C\C/C=C\C/C=C\CCCCCCC. The molecule has 5 nitrogen and oxygen atoms in total. The van der Waals surface area contributed by atoms with E-state index in [1.54, 1.807) is 0 Å². The van der Waals surface area contributed by atoms with Gasteiger partial charge in [-0.2, -0.15) is 0 Å². The lowest BCUT2D eigenvalue weighted by Crippen LogP contribution is -2.28. The lowest BCUT2D eigenvalue weighted by atomic mass is 10.0. The fourth-order valence-corrected chi connectivity index (χ4v) is 9.83. The van der Waals surface area contributed by atoms with E-state index >= 15 is 0 Å². The molecule has 0 bridgehead atoms. The number of ether oxygens (including phenoxy) is 2. The molecule has 0 heterocycles. The molecule has 0 rings (SSSR count). The Balaban J connectivity index is 3.43. The van der Waals surface area contributed by atoms with Gasteiger partial charge in [0, 0.05) is 12.8 Å². The zero-order valence-electron chi connectivity index (χ0n) is 51.7. The number of aliphatic hydroxyl groups excluding tert-OH is 1. The maximum atomic E-state index is 12.4. The summed E-state index contributed by atoms with van der Waals surface area (Å²) in [5, 5.41) is 9.69. The van der Waals surface area contributed by atoms with Crippen molar-refractivity contribution in [2.24, 2.45) is 0 Å². The highest BCUT2D eigenvalue weighted by molar-refractivity contribution is 5.70. The third-order valence-electron chi connectivity index (χ3n) is 14.9. The van der Waals surface area contributed by atoms with Crippen molar-refractivity contribution in [3.63, 3.8) is 0 Å². The van der Waals surface area contributed by atoms with E-state index in [9.17, 15) is 14.7 Å². The predicted octanol–water partition coefficient (Wildman–Crippen LogP) is 23.4. The van der Waals surface area contributed by atoms with Gasteiger partial charge in [0.05, 0.1) is 6.61 Å². The average Bonchev–Trinajstić information content (AvgIpc) is 3.44. The van der Waals surface area contributed by atoms with Crippen molar-refractivity contribution in [2.45, 2.75) is 341 Å². The molecule has 78 heavy (non-hydrogen) atoms. The highest BCUT2D eigenvalue weighted by atomic mass is 16.6. The quantitative estimate of drug-likeness (QED) is 0.0373. The summed E-state index contributed by atoms with van der Waals surface area (Å²) in [5.74, 6) is -0.583. The van der Waals surface area contributed by atoms with E-state index in [0.29, 0.717) is 12.8 Å². The Morgan fingerprint density at radius 3 is 0.833 bits per heavy atom. The van der Waals surface area contributed by atoms with E-state index in [1.807, 2.05) is 0 Å². The van der Waals surface area contributed by atoms with E-state index in [-0.39, 0.29) is 25.2 Å². The van der Waals surface area contributed by atoms with Crippen molar-refractivity contribution >= 4 is 11.9 Å². The van der Waals surface area contributed by atoms with E-state index in [4.69, 9.17) is 9.47 Å². The van der Waals surface area contributed by atoms with Gasteiger partial charge in [-0.25, -0.2) is 0 Å². The summed E-state index contributed by atoms with van der Waals surface area (Å²) in [6.07, 6.45) is 97.1. The molecule has 5 heteroatoms. The molecule has 450 valence electrons. The van der Waals surface area contributed by atoms with Crippen molar-refractivity contribution in [2.75, 3.05) is 13.2 Å². The Morgan fingerprint density at radius 1 is 0.308 bits per heavy atom. The van der Waals surface area contributed by atoms with Crippen LogP contribution < -0.4 is 0 Å². The third-order valence-corrected chi connectivity index (χ3v) is 14.9. The average molecular weight is 1090 g/mol. The molecule has 0 saturated heterocycles. The molecule has 0 amide bonds. The Labute approximate surface area is 485 Å². The molecular formula is C73H128O5. The number of aliphatic hydroxyl groups is 1. The smallest absolute Gasteiger partial charge is 0.306 e. The van der Waals surface area contributed by atoms with Gasteiger partial charge in [-0.3, -0.25) is 9.59 Å². The number of hydrogen-bond donors (Lipinski definition) is 1. The van der Waals surface area contributed by atoms with E-state index < -0.39 is 6.10 Å². The fraction of sp³-hybridized carbons (Fsp3) is 0.753. The molecule has 0 aliphatic carbocycles. The molecule has 0 fully saturated rings. The fourth-order valence-electron chi connectivity index (χ4n) is 9.83. The van der Waals surface area contributed by atoms with Crippen LogP contribution in [0, 0.1) is 0 Å². The van der Waals surface area contributed by atoms with Gasteiger partial charge in [-0.05, 0) is 96.3 Å². The van der Waals surface area contributed by atoms with Gasteiger partial charge in [0.25, 0.3) is 0 Å². The van der Waals surface area contributed by atoms with Crippen LogP contribution in [0.25, 0.3) is 0 Å². The number of hydrogen-bond acceptors (Lipinski definition) is 5. The minimum Gasteiger partial charge on any atom is -0.462 e. The van der Waals surface area contributed by atoms with Gasteiger partial charge in [0.2, 0.25) is 0 Å². The Morgan fingerprint density at radius 2 is 0.551 bits per heavy atom. The molecule has 1 unspecified atom stereocenters. The van der Waals surface area contributed by atoms with Crippen LogP contribution in [0.3, 0.4) is 0 Å². The number of rotatable bonds is 62. The van der Waals surface area contributed by atoms with Crippen LogP contribution >= 0.6 is 0 Å². The molecule has 0 aliphatic heterocycles. The number of unbranched alkanes of at least 4 members (excludes halogenated alkanes) is 38. The van der Waals surface area contributed by atoms with Gasteiger partial charge in [0.15, 0.2) is 6.10 Å². The molecular weight excluding hydrogens is 957 g/mol. The predicted molar refractivity (Wildman–Crippen MR) is 343 cm³/mol. The van der Waals surface area contributed by atoms with Gasteiger partial charge >= 0.3 is 11.9 Å². The molecule has 0 aromatic rings. The van der Waals surface area contributed by atoms with E-state index in [2.05, 4.69) is 111 Å². The summed E-state index contributed by atoms with van der Waals surface area (Å²) < 4.78 is 10.7. The van der Waals surface area contributed by atoms with Gasteiger partial charge in [-0.1, -0.05) is 323 Å². The summed E-state index contributed by atoms with van der Waals surface area (Å²) in [6.45, 7) is 4.04. The number of carbonyl (C=O) groups excluding carboxylic acids is 2. The topological polar surface area (TPSA) is 72.8 Å². The molecule has 0 aromatic carbocycles. The first-order valence-corrected chi connectivity index (χ1v) is 33.8. The highest BCUT2D eigenvalue weighted by Crippen LogP contribution is 2.18. The standard InChI is InChI=1S/C73H128O5/c1-3-5-7-9-11-13-15-17-19-21-23-25-27-29-30-31-32-33-34-35-36-37-38-39-40-41-42-44-46-48-50-52-54-56-58-60-62-64-66-68-73(76)78-71(69-74)70-77-72(75)67-65-63-61-59-57-55-53-51-49-47-45-43-28-26-24-22-20-18-16-14-12-10-8-6-4-2/h5,7,11,13,16-19,22-25,28-30,43,71,74H,3-4,6,8-10,12,14-15,20-21,26-27,31-42,44-70H2,1-2H3/b7-5-,13-11-,18-16-,19-17-,24-22-,25-23-,30-29-,43-28-. The van der Waals surface area contributed by atoms with Crippen LogP contribution in [0.4, 0.5) is 0 Å². The number of carbonyl (C=O) groups is 2. The van der Waals surface area contributed by atoms with Gasteiger partial charge in [0.1, 0.15) is 6.61 Å². The summed E-state index contributed by atoms with van der Waals surface area (Å²) in [7, 11) is 0. The van der Waals surface area contributed by atoms with Gasteiger partial charge < -0.3 is 14.6 Å². The Kier molecular flexibility index (Phi) is 65.3. The summed E-state index contributed by atoms with van der Waals surface area (Å²) in [4.78, 5) is 24.6. The lowest BCUT2D eigenvalue weighted by Gasteiger charge is -2.15. The summed E-state index contributed by atoms with van der Waals surface area (Å²) in [5.41, 5.74) is 0. The lowest BCUT2D eigenvalue weighted by molar-refractivity contribution is -0.161. The second kappa shape index (κ2) is 68.1. The van der Waals surface area contributed by atoms with Crippen molar-refractivity contribution in [3.8, 4) is 0 Å². The van der Waals surface area contributed by atoms with Crippen molar-refractivity contribution in [3.05, 3.63) is 97.2 Å². The minimum absolute atomic E-state index is 0.0675. The first-order chi connectivity index (χ1) is 38.6. The van der Waals surface area contributed by atoms with Crippen molar-refractivity contribution < 1.29 is 24.2 Å². The van der Waals surface area contributed by atoms with Gasteiger partial charge in [-0.15, -0.1) is 0 Å². The number of esters is 2. The molecule has 1 N–H and O–H groups in total. The molecule has 0 spiro atoms. The summed E-state index contributed by atoms with van der Waals surface area (Å²) in [6, 6.07) is 0. The first-order valence-electron chi connectivity index (χ1n) is 33.8. The molecule has 0 saturated carbocycles. The Hall–Kier alpha value is -3.18. The van der Waals surface area contributed by atoms with E-state index in [0.717, 1.165) is 83.5 Å². The third kappa shape index (κ3) is 65.3. The molecule has 0 aromatic heterocycles. The maximum Gasteiger partial charge on any atom is 0.306 e. The van der Waals surface area contributed by atoms with E-state index in [1.165, 1.54) is 225 Å². The van der Waals surface area contributed by atoms with Crippen LogP contribution in [0.1, 0.15) is 335 Å². The molecule has 0 aliphatic rings. The highest BCUT2D eigenvalue weighted by Gasteiger charge is 2.16. The van der Waals surface area contributed by atoms with Crippen LogP contribution in [-0.2, 0) is 19.1 Å². The van der Waals surface area contributed by atoms with Crippen LogP contribution in [0.2, 0.25) is 0 Å². The van der Waals surface area contributed by atoms with Crippen molar-refractivity contribution in [1.82, 2.24) is 0 Å². The zero-order chi connectivity index (χ0) is 56.2. The second-order valence-electron chi connectivity index (χ2n) is 22.5. The largest absolute Gasteiger partial charge is 0.462 e. The first kappa shape index (κ1) is 74.8. The Bertz CT molecular complexity index is 1460.